The fraction of sp³-hybridized carbons (Fsp3) is 0.143. The van der Waals surface area contributed by atoms with Crippen LogP contribution >= 0.6 is 0 Å². The summed E-state index contributed by atoms with van der Waals surface area (Å²) in [5.74, 6) is 0.202. The van der Waals surface area contributed by atoms with Crippen LogP contribution in [0, 0.1) is 6.92 Å². The van der Waals surface area contributed by atoms with Crippen LogP contribution in [0.4, 0.5) is 5.82 Å². The SMILES string of the molecule is COc1cccc(/C=N/NC(=O)c2c(C)nnn2-c2nonc2N)c1. The molecule has 2 heterocycles. The molecule has 0 saturated heterocycles. The third kappa shape index (κ3) is 3.29. The Kier molecular flexibility index (Phi) is 4.37. The molecule has 0 atom stereocenters. The fourth-order valence-corrected chi connectivity index (χ4v) is 2.04. The van der Waals surface area contributed by atoms with Crippen LogP contribution in [0.3, 0.4) is 0 Å². The Hall–Kier alpha value is -3.76. The Morgan fingerprint density at radius 1 is 1.44 bits per heavy atom. The summed E-state index contributed by atoms with van der Waals surface area (Å²) in [7, 11) is 1.57. The van der Waals surface area contributed by atoms with E-state index in [2.05, 4.69) is 35.8 Å². The van der Waals surface area contributed by atoms with Crippen LogP contribution in [-0.4, -0.2) is 44.5 Å². The molecular formula is C14H14N8O3. The van der Waals surface area contributed by atoms with Crippen molar-refractivity contribution in [1.82, 2.24) is 30.7 Å². The van der Waals surface area contributed by atoms with Crippen molar-refractivity contribution in [2.24, 2.45) is 5.10 Å². The van der Waals surface area contributed by atoms with Gasteiger partial charge in [-0.25, -0.2) is 10.1 Å². The van der Waals surface area contributed by atoms with Crippen molar-refractivity contribution in [2.45, 2.75) is 6.92 Å². The van der Waals surface area contributed by atoms with Crippen molar-refractivity contribution in [3.8, 4) is 11.6 Å². The predicted octanol–water partition coefficient (Wildman–Crippen LogP) is 0.313. The monoisotopic (exact) mass is 342 g/mol. The number of nitrogens with two attached hydrogens (primary N) is 1. The second-order valence-electron chi connectivity index (χ2n) is 4.88. The van der Waals surface area contributed by atoms with Gasteiger partial charge in [0.15, 0.2) is 5.69 Å². The fourth-order valence-electron chi connectivity index (χ4n) is 2.04. The molecule has 3 N–H and O–H groups in total. The zero-order valence-electron chi connectivity index (χ0n) is 13.4. The Balaban J connectivity index is 1.79. The third-order valence-corrected chi connectivity index (χ3v) is 3.22. The largest absolute Gasteiger partial charge is 0.497 e. The number of nitrogens with zero attached hydrogens (tertiary/aromatic N) is 6. The van der Waals surface area contributed by atoms with Gasteiger partial charge in [0.05, 0.1) is 19.0 Å². The molecular weight excluding hydrogens is 328 g/mol. The van der Waals surface area contributed by atoms with E-state index in [9.17, 15) is 4.79 Å². The second-order valence-corrected chi connectivity index (χ2v) is 4.88. The van der Waals surface area contributed by atoms with Crippen molar-refractivity contribution in [3.05, 3.63) is 41.2 Å². The lowest BCUT2D eigenvalue weighted by Gasteiger charge is -2.03. The molecule has 11 heteroatoms. The van der Waals surface area contributed by atoms with Gasteiger partial charge in [-0.1, -0.05) is 17.3 Å². The number of amides is 1. The highest BCUT2D eigenvalue weighted by Gasteiger charge is 2.22. The van der Waals surface area contributed by atoms with E-state index in [0.717, 1.165) is 10.2 Å². The predicted molar refractivity (Wildman–Crippen MR) is 86.4 cm³/mol. The molecule has 0 radical (unpaired) electrons. The summed E-state index contributed by atoms with van der Waals surface area (Å²) in [5.41, 5.74) is 9.27. The van der Waals surface area contributed by atoms with Crippen LogP contribution in [-0.2, 0) is 0 Å². The minimum Gasteiger partial charge on any atom is -0.497 e. The van der Waals surface area contributed by atoms with Gasteiger partial charge in [-0.05, 0) is 34.9 Å². The molecule has 128 valence electrons. The molecule has 0 spiro atoms. The zero-order valence-corrected chi connectivity index (χ0v) is 13.4. The first-order valence-corrected chi connectivity index (χ1v) is 7.08. The Morgan fingerprint density at radius 2 is 2.28 bits per heavy atom. The summed E-state index contributed by atoms with van der Waals surface area (Å²) in [6.07, 6.45) is 1.48. The Morgan fingerprint density at radius 3 is 3.00 bits per heavy atom. The van der Waals surface area contributed by atoms with Crippen molar-refractivity contribution >= 4 is 17.9 Å². The van der Waals surface area contributed by atoms with Gasteiger partial charge >= 0.3 is 0 Å². The summed E-state index contributed by atoms with van der Waals surface area (Å²) in [5, 5.41) is 18.6. The van der Waals surface area contributed by atoms with E-state index < -0.39 is 5.91 Å². The van der Waals surface area contributed by atoms with Gasteiger partial charge in [0.1, 0.15) is 5.75 Å². The number of ether oxygens (including phenoxy) is 1. The van der Waals surface area contributed by atoms with Crippen LogP contribution in [0.15, 0.2) is 34.0 Å². The van der Waals surface area contributed by atoms with Gasteiger partial charge in [-0.3, -0.25) is 4.79 Å². The molecule has 0 aliphatic rings. The van der Waals surface area contributed by atoms with E-state index in [-0.39, 0.29) is 17.3 Å². The number of carbonyl (C=O) groups excluding carboxylic acids is 1. The molecule has 1 amide bonds. The van der Waals surface area contributed by atoms with Crippen LogP contribution in [0.1, 0.15) is 21.7 Å². The molecule has 1 aromatic carbocycles. The van der Waals surface area contributed by atoms with Gasteiger partial charge in [0.25, 0.3) is 5.91 Å². The Bertz CT molecular complexity index is 930. The summed E-state index contributed by atoms with van der Waals surface area (Å²) < 4.78 is 10.8. The molecule has 0 aliphatic carbocycles. The minimum absolute atomic E-state index is 0.0150. The van der Waals surface area contributed by atoms with Gasteiger partial charge in [0.2, 0.25) is 11.6 Å². The molecule has 0 unspecified atom stereocenters. The zero-order chi connectivity index (χ0) is 17.8. The van der Waals surface area contributed by atoms with E-state index in [1.54, 1.807) is 26.2 Å². The lowest BCUT2D eigenvalue weighted by atomic mass is 10.2. The maximum Gasteiger partial charge on any atom is 0.292 e. The summed E-state index contributed by atoms with van der Waals surface area (Å²) in [4.78, 5) is 12.4. The number of benzene rings is 1. The van der Waals surface area contributed by atoms with Gasteiger partial charge < -0.3 is 10.5 Å². The van der Waals surface area contributed by atoms with Crippen LogP contribution in [0.2, 0.25) is 0 Å². The Labute approximate surface area is 141 Å². The number of hydrazone groups is 1. The molecule has 3 aromatic rings. The number of rotatable bonds is 5. The average molecular weight is 342 g/mol. The van der Waals surface area contributed by atoms with Gasteiger partial charge in [0, 0.05) is 0 Å². The van der Waals surface area contributed by atoms with Crippen LogP contribution < -0.4 is 15.9 Å². The van der Waals surface area contributed by atoms with Gasteiger partial charge in [-0.15, -0.1) is 5.10 Å². The van der Waals surface area contributed by atoms with E-state index in [4.69, 9.17) is 10.5 Å². The maximum atomic E-state index is 12.4. The molecule has 0 fully saturated rings. The first kappa shape index (κ1) is 16.1. The molecule has 11 nitrogen and oxygen atoms in total. The first-order chi connectivity index (χ1) is 12.1. The van der Waals surface area contributed by atoms with Crippen molar-refractivity contribution in [1.29, 1.82) is 0 Å². The number of anilines is 1. The number of methoxy groups -OCH3 is 1. The summed E-state index contributed by atoms with van der Waals surface area (Å²) in [6, 6.07) is 7.21. The topological polar surface area (TPSA) is 146 Å². The summed E-state index contributed by atoms with van der Waals surface area (Å²) >= 11 is 0. The highest BCUT2D eigenvalue weighted by atomic mass is 16.6. The number of hydrogen-bond acceptors (Lipinski definition) is 9. The summed E-state index contributed by atoms with van der Waals surface area (Å²) in [6.45, 7) is 1.62. The van der Waals surface area contributed by atoms with Crippen molar-refractivity contribution in [3.63, 3.8) is 0 Å². The van der Waals surface area contributed by atoms with Crippen LogP contribution in [0.5, 0.6) is 5.75 Å². The first-order valence-electron chi connectivity index (χ1n) is 7.08. The molecule has 0 saturated carbocycles. The van der Waals surface area contributed by atoms with E-state index in [0.29, 0.717) is 11.4 Å². The number of aromatic nitrogens is 5. The average Bonchev–Trinajstić information content (AvgIpc) is 3.20. The quantitative estimate of drug-likeness (QED) is 0.497. The third-order valence-electron chi connectivity index (χ3n) is 3.22. The number of carbonyl (C=O) groups is 1. The maximum absolute atomic E-state index is 12.4. The highest BCUT2D eigenvalue weighted by molar-refractivity contribution is 5.94. The normalized spacial score (nSPS) is 11.0. The minimum atomic E-state index is -0.538. The number of nitrogens with one attached hydrogen (secondary N) is 1. The molecule has 2 aromatic heterocycles. The van der Waals surface area contributed by atoms with E-state index in [1.807, 2.05) is 12.1 Å². The van der Waals surface area contributed by atoms with E-state index >= 15 is 0 Å². The molecule has 0 aliphatic heterocycles. The van der Waals surface area contributed by atoms with Gasteiger partial charge in [-0.2, -0.15) is 9.78 Å². The lowest BCUT2D eigenvalue weighted by molar-refractivity contribution is 0.0946. The number of nitrogen functional groups attached to an aromatic ring is 1. The lowest BCUT2D eigenvalue weighted by Crippen LogP contribution is -2.22. The molecule has 0 bridgehead atoms. The van der Waals surface area contributed by atoms with Crippen molar-refractivity contribution < 1.29 is 14.2 Å². The second kappa shape index (κ2) is 6.78. The molecule has 3 rings (SSSR count). The smallest absolute Gasteiger partial charge is 0.292 e. The van der Waals surface area contributed by atoms with E-state index in [1.165, 1.54) is 6.21 Å². The molecule has 25 heavy (non-hydrogen) atoms. The standard InChI is InChI=1S/C14H14N8O3/c1-8-11(22(21-17-8)13-12(15)19-25-20-13)14(23)18-16-7-9-4-3-5-10(6-9)24-2/h3-7H,1-2H3,(H2,15,19)(H,18,23)/b16-7+. The number of aryl methyl sites for hydroxylation is 1. The number of hydrogen-bond donors (Lipinski definition) is 2. The van der Waals surface area contributed by atoms with Crippen molar-refractivity contribution in [2.75, 3.05) is 12.8 Å². The highest BCUT2D eigenvalue weighted by Crippen LogP contribution is 2.15. The van der Waals surface area contributed by atoms with Crippen LogP contribution in [0.25, 0.3) is 5.82 Å².